The average Bonchev–Trinajstić information content (AvgIpc) is 2.29. The fourth-order valence-corrected chi connectivity index (χ4v) is 3.17. The van der Waals surface area contributed by atoms with E-state index in [9.17, 15) is 8.42 Å². The van der Waals surface area contributed by atoms with Gasteiger partial charge in [-0.1, -0.05) is 34.1 Å². The van der Waals surface area contributed by atoms with E-state index in [2.05, 4.69) is 20.9 Å². The fourth-order valence-electron chi connectivity index (χ4n) is 1.45. The molecule has 2 aromatic rings. The number of aromatic nitrogens is 1. The largest absolute Gasteiger partial charge is 0.245 e. The zero-order chi connectivity index (χ0) is 12.3. The molecule has 3 nitrogen and oxygen atoms in total. The predicted molar refractivity (Wildman–Crippen MR) is 69.3 cm³/mol. The van der Waals surface area contributed by atoms with Crippen molar-refractivity contribution in [2.75, 3.05) is 0 Å². The molecule has 2 rings (SSSR count). The van der Waals surface area contributed by atoms with Gasteiger partial charge in [0, 0.05) is 10.7 Å². The van der Waals surface area contributed by atoms with Crippen molar-refractivity contribution >= 4 is 25.8 Å². The molecule has 0 spiro atoms. The van der Waals surface area contributed by atoms with Crippen LogP contribution in [0.2, 0.25) is 0 Å². The Kier molecular flexibility index (Phi) is 3.59. The van der Waals surface area contributed by atoms with Gasteiger partial charge in [0.05, 0.1) is 5.75 Å². The van der Waals surface area contributed by atoms with Crippen LogP contribution in [0, 0.1) is 0 Å². The van der Waals surface area contributed by atoms with Crippen molar-refractivity contribution in [3.05, 3.63) is 58.7 Å². The molecule has 0 radical (unpaired) electrons. The molecular weight excluding hydrogens is 302 g/mol. The van der Waals surface area contributed by atoms with E-state index in [1.807, 2.05) is 12.1 Å². The zero-order valence-electron chi connectivity index (χ0n) is 8.88. The molecule has 0 fully saturated rings. The minimum atomic E-state index is -3.36. The summed E-state index contributed by atoms with van der Waals surface area (Å²) in [6, 6.07) is 12.1. The van der Waals surface area contributed by atoms with E-state index in [4.69, 9.17) is 0 Å². The van der Waals surface area contributed by atoms with Crippen molar-refractivity contribution in [3.63, 3.8) is 0 Å². The SMILES string of the molecule is O=S(=O)(Cc1cccc(Br)c1)c1ccccn1. The lowest BCUT2D eigenvalue weighted by Crippen LogP contribution is -2.06. The van der Waals surface area contributed by atoms with Gasteiger partial charge in [0.15, 0.2) is 14.9 Å². The van der Waals surface area contributed by atoms with E-state index in [0.717, 1.165) is 10.0 Å². The maximum absolute atomic E-state index is 12.0. The Labute approximate surface area is 109 Å². The van der Waals surface area contributed by atoms with Crippen LogP contribution in [0.5, 0.6) is 0 Å². The molecule has 17 heavy (non-hydrogen) atoms. The highest BCUT2D eigenvalue weighted by Crippen LogP contribution is 2.17. The van der Waals surface area contributed by atoms with Gasteiger partial charge in [0.1, 0.15) is 0 Å². The Morgan fingerprint density at radius 2 is 1.94 bits per heavy atom. The molecular formula is C12H10BrNO2S. The maximum Gasteiger partial charge on any atom is 0.199 e. The molecule has 0 saturated heterocycles. The molecule has 0 unspecified atom stereocenters. The topological polar surface area (TPSA) is 47.0 Å². The normalized spacial score (nSPS) is 11.4. The first-order valence-corrected chi connectivity index (χ1v) is 7.41. The Morgan fingerprint density at radius 3 is 2.59 bits per heavy atom. The third-order valence-electron chi connectivity index (χ3n) is 2.20. The van der Waals surface area contributed by atoms with E-state index in [-0.39, 0.29) is 10.8 Å². The van der Waals surface area contributed by atoms with Crippen LogP contribution >= 0.6 is 15.9 Å². The van der Waals surface area contributed by atoms with Gasteiger partial charge in [-0.15, -0.1) is 0 Å². The summed E-state index contributed by atoms with van der Waals surface area (Å²) in [6.07, 6.45) is 1.48. The molecule has 5 heteroatoms. The van der Waals surface area contributed by atoms with Crippen LogP contribution in [0.4, 0.5) is 0 Å². The van der Waals surface area contributed by atoms with E-state index in [1.165, 1.54) is 12.3 Å². The van der Waals surface area contributed by atoms with Crippen LogP contribution in [-0.4, -0.2) is 13.4 Å². The Bertz CT molecular complexity index is 611. The van der Waals surface area contributed by atoms with Crippen LogP contribution in [0.25, 0.3) is 0 Å². The highest BCUT2D eigenvalue weighted by atomic mass is 79.9. The van der Waals surface area contributed by atoms with Crippen molar-refractivity contribution in [2.24, 2.45) is 0 Å². The van der Waals surface area contributed by atoms with Crippen LogP contribution in [0.3, 0.4) is 0 Å². The Balaban J connectivity index is 2.30. The monoisotopic (exact) mass is 311 g/mol. The van der Waals surface area contributed by atoms with Gasteiger partial charge < -0.3 is 0 Å². The number of halogens is 1. The predicted octanol–water partition coefficient (Wildman–Crippen LogP) is 2.82. The number of benzene rings is 1. The molecule has 0 atom stereocenters. The van der Waals surface area contributed by atoms with E-state index < -0.39 is 9.84 Å². The molecule has 1 heterocycles. The van der Waals surface area contributed by atoms with Crippen molar-refractivity contribution in [1.82, 2.24) is 4.98 Å². The Hall–Kier alpha value is -1.20. The van der Waals surface area contributed by atoms with Crippen LogP contribution < -0.4 is 0 Å². The summed E-state index contributed by atoms with van der Waals surface area (Å²) in [5.41, 5.74) is 0.741. The molecule has 0 aliphatic rings. The van der Waals surface area contributed by atoms with Crippen molar-refractivity contribution in [1.29, 1.82) is 0 Å². The zero-order valence-corrected chi connectivity index (χ0v) is 11.3. The molecule has 88 valence electrons. The molecule has 1 aromatic carbocycles. The van der Waals surface area contributed by atoms with E-state index in [0.29, 0.717) is 0 Å². The quantitative estimate of drug-likeness (QED) is 0.875. The summed E-state index contributed by atoms with van der Waals surface area (Å²) in [5, 5.41) is 0.111. The summed E-state index contributed by atoms with van der Waals surface area (Å²) >= 11 is 3.32. The van der Waals surface area contributed by atoms with Gasteiger partial charge in [-0.25, -0.2) is 13.4 Å². The van der Waals surface area contributed by atoms with Gasteiger partial charge in [0.25, 0.3) is 0 Å². The average molecular weight is 312 g/mol. The molecule has 0 aliphatic carbocycles. The first-order chi connectivity index (χ1) is 8.08. The van der Waals surface area contributed by atoms with Crippen molar-refractivity contribution in [3.8, 4) is 0 Å². The second-order valence-electron chi connectivity index (χ2n) is 3.56. The number of nitrogens with zero attached hydrogens (tertiary/aromatic N) is 1. The minimum absolute atomic E-state index is 0.0382. The lowest BCUT2D eigenvalue weighted by Gasteiger charge is -2.03. The van der Waals surface area contributed by atoms with Crippen LogP contribution in [-0.2, 0) is 15.6 Å². The molecule has 1 aromatic heterocycles. The molecule has 0 amide bonds. The van der Waals surface area contributed by atoms with E-state index in [1.54, 1.807) is 24.3 Å². The van der Waals surface area contributed by atoms with Crippen molar-refractivity contribution in [2.45, 2.75) is 10.8 Å². The third kappa shape index (κ3) is 3.14. The lowest BCUT2D eigenvalue weighted by atomic mass is 10.2. The summed E-state index contributed by atoms with van der Waals surface area (Å²) in [6.45, 7) is 0. The van der Waals surface area contributed by atoms with Crippen LogP contribution in [0.1, 0.15) is 5.56 Å². The molecule has 0 aliphatic heterocycles. The van der Waals surface area contributed by atoms with Gasteiger partial charge >= 0.3 is 0 Å². The highest BCUT2D eigenvalue weighted by molar-refractivity contribution is 9.10. The lowest BCUT2D eigenvalue weighted by molar-refractivity contribution is 0.591. The summed E-state index contributed by atoms with van der Waals surface area (Å²) in [5.74, 6) is -0.0382. The Morgan fingerprint density at radius 1 is 1.12 bits per heavy atom. The second-order valence-corrected chi connectivity index (χ2v) is 6.41. The summed E-state index contributed by atoms with van der Waals surface area (Å²) in [7, 11) is -3.36. The molecule has 0 bridgehead atoms. The summed E-state index contributed by atoms with van der Waals surface area (Å²) in [4.78, 5) is 3.87. The van der Waals surface area contributed by atoms with Crippen LogP contribution in [0.15, 0.2) is 58.2 Å². The van der Waals surface area contributed by atoms with Gasteiger partial charge in [-0.2, -0.15) is 0 Å². The first kappa shape index (κ1) is 12.3. The van der Waals surface area contributed by atoms with Gasteiger partial charge in [-0.3, -0.25) is 0 Å². The third-order valence-corrected chi connectivity index (χ3v) is 4.29. The molecule has 0 N–H and O–H groups in total. The molecule has 0 saturated carbocycles. The van der Waals surface area contributed by atoms with Gasteiger partial charge in [0.2, 0.25) is 0 Å². The van der Waals surface area contributed by atoms with Gasteiger partial charge in [-0.05, 0) is 29.8 Å². The standard InChI is InChI=1S/C12H10BrNO2S/c13-11-5-3-4-10(8-11)9-17(15,16)12-6-1-2-7-14-12/h1-8H,9H2. The number of hydrogen-bond donors (Lipinski definition) is 0. The number of pyridine rings is 1. The smallest absolute Gasteiger partial charge is 0.199 e. The highest BCUT2D eigenvalue weighted by Gasteiger charge is 2.16. The summed E-state index contributed by atoms with van der Waals surface area (Å²) < 4.78 is 24.9. The first-order valence-electron chi connectivity index (χ1n) is 4.96. The second kappa shape index (κ2) is 4.98. The number of rotatable bonds is 3. The maximum atomic E-state index is 12.0. The number of sulfone groups is 1. The minimum Gasteiger partial charge on any atom is -0.245 e. The fraction of sp³-hybridized carbons (Fsp3) is 0.0833. The van der Waals surface area contributed by atoms with E-state index >= 15 is 0 Å². The van der Waals surface area contributed by atoms with Crippen molar-refractivity contribution < 1.29 is 8.42 Å². The number of hydrogen-bond acceptors (Lipinski definition) is 3.